The Kier molecular flexibility index (Phi) is 5.61. The summed E-state index contributed by atoms with van der Waals surface area (Å²) in [4.78, 5) is 22.7. The number of nitrogens with one attached hydrogen (secondary N) is 3. The highest BCUT2D eigenvalue weighted by Gasteiger charge is 2.08. The molecule has 0 bridgehead atoms. The van der Waals surface area contributed by atoms with Gasteiger partial charge >= 0.3 is 0 Å². The highest BCUT2D eigenvalue weighted by atomic mass is 35.5. The molecular weight excluding hydrogens is 254 g/mol. The Morgan fingerprint density at radius 3 is 2.56 bits per heavy atom. The maximum Gasteiger partial charge on any atom is 0.225 e. The molecule has 0 saturated heterocycles. The molecular formula is C12H16ClN3O2. The average molecular weight is 270 g/mol. The SMILES string of the molecule is CNCCC(=O)Nc1cc(Cl)ccc1NC(C)=O. The number of benzene rings is 1. The number of carbonyl (C=O) groups excluding carboxylic acids is 2. The predicted octanol–water partition coefficient (Wildman–Crippen LogP) is 1.85. The highest BCUT2D eigenvalue weighted by molar-refractivity contribution is 6.31. The molecule has 98 valence electrons. The summed E-state index contributed by atoms with van der Waals surface area (Å²) in [6.07, 6.45) is 0.350. The van der Waals surface area contributed by atoms with Crippen LogP contribution in [-0.4, -0.2) is 25.4 Å². The molecule has 0 saturated carbocycles. The van der Waals surface area contributed by atoms with Crippen LogP contribution in [0.5, 0.6) is 0 Å². The van der Waals surface area contributed by atoms with Gasteiger partial charge in [-0.05, 0) is 25.2 Å². The molecule has 0 unspecified atom stereocenters. The van der Waals surface area contributed by atoms with E-state index >= 15 is 0 Å². The van der Waals surface area contributed by atoms with Crippen molar-refractivity contribution in [3.05, 3.63) is 23.2 Å². The highest BCUT2D eigenvalue weighted by Crippen LogP contribution is 2.25. The van der Waals surface area contributed by atoms with Crippen LogP contribution in [0.3, 0.4) is 0 Å². The summed E-state index contributed by atoms with van der Waals surface area (Å²) in [5, 5.41) is 8.73. The van der Waals surface area contributed by atoms with Gasteiger partial charge in [0.2, 0.25) is 11.8 Å². The molecule has 1 aromatic rings. The Balaban J connectivity index is 2.81. The summed E-state index contributed by atoms with van der Waals surface area (Å²) < 4.78 is 0. The van der Waals surface area contributed by atoms with Gasteiger partial charge in [-0.2, -0.15) is 0 Å². The van der Waals surface area contributed by atoms with Gasteiger partial charge in [0.05, 0.1) is 11.4 Å². The van der Waals surface area contributed by atoms with Crippen molar-refractivity contribution in [3.8, 4) is 0 Å². The molecule has 5 nitrogen and oxygen atoms in total. The molecule has 0 aliphatic rings. The van der Waals surface area contributed by atoms with Gasteiger partial charge in [-0.1, -0.05) is 11.6 Å². The van der Waals surface area contributed by atoms with Crippen molar-refractivity contribution < 1.29 is 9.59 Å². The fourth-order valence-corrected chi connectivity index (χ4v) is 1.54. The topological polar surface area (TPSA) is 70.2 Å². The number of hydrogen-bond acceptors (Lipinski definition) is 3. The number of carbonyl (C=O) groups is 2. The third kappa shape index (κ3) is 4.73. The fourth-order valence-electron chi connectivity index (χ4n) is 1.37. The van der Waals surface area contributed by atoms with E-state index in [9.17, 15) is 9.59 Å². The normalized spacial score (nSPS) is 9.94. The number of rotatable bonds is 5. The number of anilines is 2. The van der Waals surface area contributed by atoms with Crippen LogP contribution in [0.4, 0.5) is 11.4 Å². The molecule has 1 rings (SSSR count). The van der Waals surface area contributed by atoms with E-state index in [1.165, 1.54) is 6.92 Å². The van der Waals surface area contributed by atoms with Crippen molar-refractivity contribution in [1.82, 2.24) is 5.32 Å². The lowest BCUT2D eigenvalue weighted by Gasteiger charge is -2.11. The molecule has 0 heterocycles. The van der Waals surface area contributed by atoms with Crippen LogP contribution in [0.15, 0.2) is 18.2 Å². The predicted molar refractivity (Wildman–Crippen MR) is 72.9 cm³/mol. The number of amides is 2. The zero-order chi connectivity index (χ0) is 13.5. The van der Waals surface area contributed by atoms with Crippen molar-refractivity contribution >= 4 is 34.8 Å². The van der Waals surface area contributed by atoms with Crippen molar-refractivity contribution in [2.24, 2.45) is 0 Å². The summed E-state index contributed by atoms with van der Waals surface area (Å²) in [5.74, 6) is -0.346. The molecule has 0 atom stereocenters. The lowest BCUT2D eigenvalue weighted by atomic mass is 10.2. The zero-order valence-electron chi connectivity index (χ0n) is 10.3. The zero-order valence-corrected chi connectivity index (χ0v) is 11.1. The minimum Gasteiger partial charge on any atom is -0.325 e. The molecule has 0 spiro atoms. The maximum atomic E-state index is 11.6. The van der Waals surface area contributed by atoms with E-state index in [1.807, 2.05) is 0 Å². The summed E-state index contributed by atoms with van der Waals surface area (Å²) in [6, 6.07) is 4.90. The van der Waals surface area contributed by atoms with Crippen LogP contribution >= 0.6 is 11.6 Å². The smallest absolute Gasteiger partial charge is 0.225 e. The first-order valence-corrected chi connectivity index (χ1v) is 5.92. The Labute approximate surface area is 111 Å². The van der Waals surface area contributed by atoms with Gasteiger partial charge in [0.1, 0.15) is 0 Å². The molecule has 6 heteroatoms. The van der Waals surface area contributed by atoms with E-state index in [0.717, 1.165) is 0 Å². The van der Waals surface area contributed by atoms with Crippen LogP contribution in [0.25, 0.3) is 0 Å². The van der Waals surface area contributed by atoms with Gasteiger partial charge in [0.25, 0.3) is 0 Å². The Morgan fingerprint density at radius 1 is 1.22 bits per heavy atom. The molecule has 2 amide bonds. The van der Waals surface area contributed by atoms with Crippen molar-refractivity contribution in [2.45, 2.75) is 13.3 Å². The van der Waals surface area contributed by atoms with E-state index < -0.39 is 0 Å². The minimum atomic E-state index is -0.206. The second kappa shape index (κ2) is 6.98. The van der Waals surface area contributed by atoms with Crippen LogP contribution in [0.2, 0.25) is 5.02 Å². The maximum absolute atomic E-state index is 11.6. The monoisotopic (exact) mass is 269 g/mol. The van der Waals surface area contributed by atoms with E-state index in [0.29, 0.717) is 29.4 Å². The first-order valence-electron chi connectivity index (χ1n) is 5.54. The molecule has 1 aromatic carbocycles. The van der Waals surface area contributed by atoms with Crippen LogP contribution in [0, 0.1) is 0 Å². The summed E-state index contributed by atoms with van der Waals surface area (Å²) in [7, 11) is 1.77. The van der Waals surface area contributed by atoms with Gasteiger partial charge in [-0.25, -0.2) is 0 Å². The van der Waals surface area contributed by atoms with Crippen molar-refractivity contribution in [3.63, 3.8) is 0 Å². The van der Waals surface area contributed by atoms with E-state index in [1.54, 1.807) is 25.2 Å². The van der Waals surface area contributed by atoms with Crippen LogP contribution in [-0.2, 0) is 9.59 Å². The summed E-state index contributed by atoms with van der Waals surface area (Å²) in [6.45, 7) is 1.99. The standard InChI is InChI=1S/C12H16ClN3O2/c1-8(17)15-10-4-3-9(13)7-11(10)16-12(18)5-6-14-2/h3-4,7,14H,5-6H2,1-2H3,(H,15,17)(H,16,18). The van der Waals surface area contributed by atoms with Gasteiger partial charge in [-0.3, -0.25) is 9.59 Å². The molecule has 0 aliphatic carbocycles. The summed E-state index contributed by atoms with van der Waals surface area (Å²) >= 11 is 5.86. The Morgan fingerprint density at radius 2 is 1.94 bits per heavy atom. The van der Waals surface area contributed by atoms with Gasteiger partial charge in [-0.15, -0.1) is 0 Å². The molecule has 0 radical (unpaired) electrons. The first kappa shape index (κ1) is 14.5. The van der Waals surface area contributed by atoms with Crippen LogP contribution < -0.4 is 16.0 Å². The number of halogens is 1. The van der Waals surface area contributed by atoms with E-state index in [-0.39, 0.29) is 11.8 Å². The minimum absolute atomic E-state index is 0.141. The second-order valence-corrected chi connectivity index (χ2v) is 4.21. The lowest BCUT2D eigenvalue weighted by Crippen LogP contribution is -2.19. The van der Waals surface area contributed by atoms with Crippen molar-refractivity contribution in [2.75, 3.05) is 24.2 Å². The third-order valence-corrected chi connectivity index (χ3v) is 2.40. The lowest BCUT2D eigenvalue weighted by molar-refractivity contribution is -0.116. The molecule has 0 fully saturated rings. The first-order chi connectivity index (χ1) is 8.52. The van der Waals surface area contributed by atoms with Gasteiger partial charge in [0.15, 0.2) is 0 Å². The Hall–Kier alpha value is -1.59. The van der Waals surface area contributed by atoms with Gasteiger partial charge in [0, 0.05) is 24.9 Å². The third-order valence-electron chi connectivity index (χ3n) is 2.17. The fraction of sp³-hybridized carbons (Fsp3) is 0.333. The molecule has 0 aromatic heterocycles. The summed E-state index contributed by atoms with van der Waals surface area (Å²) in [5.41, 5.74) is 1.03. The van der Waals surface area contributed by atoms with Gasteiger partial charge < -0.3 is 16.0 Å². The molecule has 18 heavy (non-hydrogen) atoms. The van der Waals surface area contributed by atoms with E-state index in [4.69, 9.17) is 11.6 Å². The largest absolute Gasteiger partial charge is 0.325 e. The Bertz CT molecular complexity index is 449. The second-order valence-electron chi connectivity index (χ2n) is 3.77. The quantitative estimate of drug-likeness (QED) is 0.764. The van der Waals surface area contributed by atoms with Crippen molar-refractivity contribution in [1.29, 1.82) is 0 Å². The van der Waals surface area contributed by atoms with E-state index in [2.05, 4.69) is 16.0 Å². The number of hydrogen-bond donors (Lipinski definition) is 3. The van der Waals surface area contributed by atoms with Crippen LogP contribution in [0.1, 0.15) is 13.3 Å². The average Bonchev–Trinajstić information content (AvgIpc) is 2.29. The molecule has 0 aliphatic heterocycles. The molecule has 3 N–H and O–H groups in total.